The molecule has 22 heavy (non-hydrogen) atoms. The van der Waals surface area contributed by atoms with Gasteiger partial charge in [0.1, 0.15) is 0 Å². The first-order valence-corrected chi connectivity index (χ1v) is 7.89. The van der Waals surface area contributed by atoms with E-state index in [-0.39, 0.29) is 12.1 Å². The van der Waals surface area contributed by atoms with Gasteiger partial charge in [-0.1, -0.05) is 13.8 Å². The van der Waals surface area contributed by atoms with E-state index in [1.165, 1.54) is 0 Å². The Balaban J connectivity index is 2.30. The lowest BCUT2D eigenvalue weighted by Crippen LogP contribution is -2.36. The lowest BCUT2D eigenvalue weighted by molar-refractivity contribution is 0.247. The van der Waals surface area contributed by atoms with E-state index in [1.807, 2.05) is 13.0 Å². The Kier molecular flexibility index (Phi) is 8.01. The smallest absolute Gasteiger partial charge is 0.319 e. The Bertz CT molecular complexity index is 488. The molecule has 5 nitrogen and oxygen atoms in total. The van der Waals surface area contributed by atoms with Gasteiger partial charge < -0.3 is 15.5 Å². The number of rotatable bonds is 8. The predicted octanol–water partition coefficient (Wildman–Crippen LogP) is 3.19. The van der Waals surface area contributed by atoms with Crippen LogP contribution in [-0.2, 0) is 0 Å². The molecule has 0 heterocycles. The van der Waals surface area contributed by atoms with Crippen molar-refractivity contribution in [1.82, 2.24) is 10.2 Å². The highest BCUT2D eigenvalue weighted by molar-refractivity contribution is 5.89. The fourth-order valence-corrected chi connectivity index (χ4v) is 2.25. The second kappa shape index (κ2) is 9.80. The highest BCUT2D eigenvalue weighted by Crippen LogP contribution is 2.08. The van der Waals surface area contributed by atoms with E-state index in [0.29, 0.717) is 11.3 Å². The van der Waals surface area contributed by atoms with Crippen molar-refractivity contribution in [3.8, 4) is 6.07 Å². The molecule has 0 spiro atoms. The van der Waals surface area contributed by atoms with Crippen LogP contribution < -0.4 is 10.6 Å². The molecule has 0 saturated heterocycles. The van der Waals surface area contributed by atoms with Crippen LogP contribution in [0.25, 0.3) is 0 Å². The van der Waals surface area contributed by atoms with Crippen molar-refractivity contribution in [3.05, 3.63) is 29.8 Å². The Hall–Kier alpha value is -2.06. The Morgan fingerprint density at radius 2 is 1.91 bits per heavy atom. The lowest BCUT2D eigenvalue weighted by atomic mass is 10.2. The summed E-state index contributed by atoms with van der Waals surface area (Å²) in [5, 5.41) is 14.4. The zero-order valence-corrected chi connectivity index (χ0v) is 13.7. The highest BCUT2D eigenvalue weighted by atomic mass is 16.2. The van der Waals surface area contributed by atoms with Gasteiger partial charge in [0.05, 0.1) is 11.6 Å². The third kappa shape index (κ3) is 6.59. The summed E-state index contributed by atoms with van der Waals surface area (Å²) in [6, 6.07) is 8.79. The number of hydrogen-bond acceptors (Lipinski definition) is 3. The Morgan fingerprint density at radius 3 is 2.45 bits per heavy atom. The SMILES string of the molecule is CCN(CC)CCCC(C)NC(=O)Nc1ccc(C#N)cc1. The first-order valence-electron chi connectivity index (χ1n) is 7.89. The fourth-order valence-electron chi connectivity index (χ4n) is 2.25. The highest BCUT2D eigenvalue weighted by Gasteiger charge is 2.08. The number of benzene rings is 1. The number of carbonyl (C=O) groups excluding carboxylic acids is 1. The van der Waals surface area contributed by atoms with Gasteiger partial charge in [-0.25, -0.2) is 4.79 Å². The Labute approximate surface area is 133 Å². The molecule has 1 atom stereocenters. The number of urea groups is 1. The maximum absolute atomic E-state index is 11.9. The first kappa shape index (κ1) is 18.0. The molecule has 1 aromatic rings. The monoisotopic (exact) mass is 302 g/mol. The van der Waals surface area contributed by atoms with Gasteiger partial charge in [0, 0.05) is 11.7 Å². The summed E-state index contributed by atoms with van der Waals surface area (Å²) < 4.78 is 0. The number of nitrogens with zero attached hydrogens (tertiary/aromatic N) is 2. The van der Waals surface area contributed by atoms with Crippen LogP contribution in [0.3, 0.4) is 0 Å². The van der Waals surface area contributed by atoms with Crippen LogP contribution in [0.1, 0.15) is 39.2 Å². The van der Waals surface area contributed by atoms with E-state index in [9.17, 15) is 4.79 Å². The largest absolute Gasteiger partial charge is 0.335 e. The van der Waals surface area contributed by atoms with Crippen LogP contribution in [0.5, 0.6) is 0 Å². The molecule has 0 aliphatic carbocycles. The van der Waals surface area contributed by atoms with Crippen molar-refractivity contribution >= 4 is 11.7 Å². The predicted molar refractivity (Wildman–Crippen MR) is 89.8 cm³/mol. The van der Waals surface area contributed by atoms with E-state index in [0.717, 1.165) is 32.5 Å². The average molecular weight is 302 g/mol. The zero-order valence-electron chi connectivity index (χ0n) is 13.7. The molecular formula is C17H26N4O. The molecule has 120 valence electrons. The van der Waals surface area contributed by atoms with Crippen LogP contribution in [0, 0.1) is 11.3 Å². The lowest BCUT2D eigenvalue weighted by Gasteiger charge is -2.20. The van der Waals surface area contributed by atoms with Crippen molar-refractivity contribution in [2.75, 3.05) is 25.0 Å². The van der Waals surface area contributed by atoms with Gasteiger partial charge in [-0.2, -0.15) is 5.26 Å². The molecule has 2 amide bonds. The van der Waals surface area contributed by atoms with Crippen molar-refractivity contribution in [2.24, 2.45) is 0 Å². The molecule has 0 bridgehead atoms. The van der Waals surface area contributed by atoms with E-state index >= 15 is 0 Å². The minimum Gasteiger partial charge on any atom is -0.335 e. The summed E-state index contributed by atoms with van der Waals surface area (Å²) in [6.07, 6.45) is 2.03. The van der Waals surface area contributed by atoms with E-state index in [2.05, 4.69) is 29.4 Å². The molecule has 1 aromatic carbocycles. The minimum absolute atomic E-state index is 0.133. The first-order chi connectivity index (χ1) is 10.6. The Morgan fingerprint density at radius 1 is 1.27 bits per heavy atom. The molecule has 0 aliphatic heterocycles. The van der Waals surface area contributed by atoms with Crippen molar-refractivity contribution in [2.45, 2.75) is 39.7 Å². The molecule has 0 aromatic heterocycles. The molecule has 1 rings (SSSR count). The topological polar surface area (TPSA) is 68.2 Å². The molecule has 0 saturated carbocycles. The maximum atomic E-state index is 11.9. The van der Waals surface area contributed by atoms with Gasteiger partial charge in [0.15, 0.2) is 0 Å². The number of hydrogen-bond donors (Lipinski definition) is 2. The van der Waals surface area contributed by atoms with Gasteiger partial charge in [-0.3, -0.25) is 0 Å². The normalized spacial score (nSPS) is 11.8. The van der Waals surface area contributed by atoms with Crippen LogP contribution in [0.2, 0.25) is 0 Å². The van der Waals surface area contributed by atoms with E-state index in [1.54, 1.807) is 24.3 Å². The third-order valence-corrected chi connectivity index (χ3v) is 3.66. The van der Waals surface area contributed by atoms with Crippen LogP contribution in [-0.4, -0.2) is 36.6 Å². The minimum atomic E-state index is -0.208. The molecular weight excluding hydrogens is 276 g/mol. The van der Waals surface area contributed by atoms with Gasteiger partial charge >= 0.3 is 6.03 Å². The molecule has 1 unspecified atom stereocenters. The van der Waals surface area contributed by atoms with Crippen LogP contribution >= 0.6 is 0 Å². The summed E-state index contributed by atoms with van der Waals surface area (Å²) in [5.41, 5.74) is 1.27. The van der Waals surface area contributed by atoms with E-state index < -0.39 is 0 Å². The number of nitrogens with one attached hydrogen (secondary N) is 2. The zero-order chi connectivity index (χ0) is 16.4. The molecule has 2 N–H and O–H groups in total. The number of amides is 2. The summed E-state index contributed by atoms with van der Waals surface area (Å²) >= 11 is 0. The summed E-state index contributed by atoms with van der Waals surface area (Å²) in [4.78, 5) is 14.3. The number of carbonyl (C=O) groups is 1. The van der Waals surface area contributed by atoms with Gasteiger partial charge in [-0.05, 0) is 63.7 Å². The van der Waals surface area contributed by atoms with Crippen molar-refractivity contribution in [3.63, 3.8) is 0 Å². The van der Waals surface area contributed by atoms with E-state index in [4.69, 9.17) is 5.26 Å². The standard InChI is InChI=1S/C17H26N4O/c1-4-21(5-2)12-6-7-14(3)19-17(22)20-16-10-8-15(13-18)9-11-16/h8-11,14H,4-7,12H2,1-3H3,(H2,19,20,22). The molecule has 0 fully saturated rings. The van der Waals surface area contributed by atoms with Gasteiger partial charge in [0.2, 0.25) is 0 Å². The summed E-state index contributed by atoms with van der Waals surface area (Å²) in [6.45, 7) is 9.54. The third-order valence-electron chi connectivity index (χ3n) is 3.66. The molecule has 0 aliphatic rings. The van der Waals surface area contributed by atoms with Gasteiger partial charge in [0.25, 0.3) is 0 Å². The van der Waals surface area contributed by atoms with Crippen molar-refractivity contribution in [1.29, 1.82) is 5.26 Å². The second-order valence-electron chi connectivity index (χ2n) is 5.36. The number of nitriles is 1. The summed E-state index contributed by atoms with van der Waals surface area (Å²) in [5.74, 6) is 0. The van der Waals surface area contributed by atoms with Crippen molar-refractivity contribution < 1.29 is 4.79 Å². The number of anilines is 1. The van der Waals surface area contributed by atoms with Crippen LogP contribution in [0.15, 0.2) is 24.3 Å². The van der Waals surface area contributed by atoms with Gasteiger partial charge in [-0.15, -0.1) is 0 Å². The fraction of sp³-hybridized carbons (Fsp3) is 0.529. The van der Waals surface area contributed by atoms with Crippen LogP contribution in [0.4, 0.5) is 10.5 Å². The maximum Gasteiger partial charge on any atom is 0.319 e. The average Bonchev–Trinajstić information content (AvgIpc) is 2.52. The second-order valence-corrected chi connectivity index (χ2v) is 5.36. The molecule has 0 radical (unpaired) electrons. The summed E-state index contributed by atoms with van der Waals surface area (Å²) in [7, 11) is 0. The molecule has 5 heteroatoms. The quantitative estimate of drug-likeness (QED) is 0.775.